The molecule has 0 aliphatic carbocycles. The Morgan fingerprint density at radius 2 is 1.67 bits per heavy atom. The van der Waals surface area contributed by atoms with Gasteiger partial charge in [-0.2, -0.15) is 0 Å². The van der Waals surface area contributed by atoms with Gasteiger partial charge in [0.2, 0.25) is 0 Å². The van der Waals surface area contributed by atoms with Gasteiger partial charge in [0.15, 0.2) is 0 Å². The van der Waals surface area contributed by atoms with E-state index in [1.807, 2.05) is 0 Å². The summed E-state index contributed by atoms with van der Waals surface area (Å²) in [6.45, 7) is 13.9. The molecular weight excluding hydrogens is 218 g/mol. The average molecular weight is 245 g/mol. The van der Waals surface area contributed by atoms with Crippen molar-refractivity contribution < 1.29 is 0 Å². The van der Waals surface area contributed by atoms with Crippen LogP contribution in [0.3, 0.4) is 0 Å². The van der Waals surface area contributed by atoms with Crippen LogP contribution in [0.4, 0.5) is 0 Å². The predicted molar refractivity (Wildman–Crippen MR) is 81.0 cm³/mol. The van der Waals surface area contributed by atoms with Gasteiger partial charge in [-0.3, -0.25) is 0 Å². The van der Waals surface area contributed by atoms with Crippen molar-refractivity contribution in [2.45, 2.75) is 52.5 Å². The Balaban J connectivity index is 2.81. The lowest BCUT2D eigenvalue weighted by Gasteiger charge is -2.20. The Hall–Kier alpha value is -1.08. The van der Waals surface area contributed by atoms with Crippen LogP contribution >= 0.6 is 0 Å². The van der Waals surface area contributed by atoms with Crippen molar-refractivity contribution in [3.8, 4) is 0 Å². The number of nitrogens with one attached hydrogen (secondary N) is 1. The molecule has 100 valence electrons. The van der Waals surface area contributed by atoms with E-state index in [0.717, 1.165) is 19.4 Å². The number of hydrogen-bond donors (Lipinski definition) is 1. The third kappa shape index (κ3) is 4.30. The van der Waals surface area contributed by atoms with Crippen LogP contribution in [0.5, 0.6) is 0 Å². The van der Waals surface area contributed by atoms with Gasteiger partial charge in [0.05, 0.1) is 0 Å². The second kappa shape index (κ2) is 7.38. The second-order valence-corrected chi connectivity index (χ2v) is 5.24. The predicted octanol–water partition coefficient (Wildman–Crippen LogP) is 4.82. The van der Waals surface area contributed by atoms with Crippen LogP contribution in [-0.2, 0) is 0 Å². The maximum absolute atomic E-state index is 4.13. The molecule has 0 saturated heterocycles. The molecule has 0 aliphatic rings. The molecule has 1 aromatic rings. The van der Waals surface area contributed by atoms with E-state index in [1.165, 1.54) is 16.7 Å². The van der Waals surface area contributed by atoms with Gasteiger partial charge in [-0.05, 0) is 36.4 Å². The van der Waals surface area contributed by atoms with Gasteiger partial charge in [-0.1, -0.05) is 64.1 Å². The lowest BCUT2D eigenvalue weighted by Crippen LogP contribution is -2.21. The Kier molecular flexibility index (Phi) is 6.14. The van der Waals surface area contributed by atoms with Gasteiger partial charge in [0.1, 0.15) is 0 Å². The Labute approximate surface area is 112 Å². The average Bonchev–Trinajstić information content (AvgIpc) is 2.38. The minimum atomic E-state index is 0.406. The standard InChI is InChI=1S/C17H27N/c1-6-14(5)12-17(18-7-2)16-10-8-15(9-11-16)13(3)4/h8-11,13,17-18H,5-7,12H2,1-4H3. The zero-order chi connectivity index (χ0) is 13.5. The summed E-state index contributed by atoms with van der Waals surface area (Å²) >= 11 is 0. The molecule has 1 aromatic carbocycles. The summed E-state index contributed by atoms with van der Waals surface area (Å²) in [7, 11) is 0. The van der Waals surface area contributed by atoms with Crippen molar-refractivity contribution in [3.63, 3.8) is 0 Å². The van der Waals surface area contributed by atoms with E-state index in [1.54, 1.807) is 0 Å². The number of rotatable bonds is 7. The third-order valence-electron chi connectivity index (χ3n) is 3.45. The lowest BCUT2D eigenvalue weighted by atomic mass is 9.95. The minimum Gasteiger partial charge on any atom is -0.310 e. The molecular formula is C17H27N. The minimum absolute atomic E-state index is 0.406. The first-order valence-electron chi connectivity index (χ1n) is 7.08. The van der Waals surface area contributed by atoms with Crippen molar-refractivity contribution in [1.29, 1.82) is 0 Å². The third-order valence-corrected chi connectivity index (χ3v) is 3.45. The van der Waals surface area contributed by atoms with Crippen LogP contribution in [0.15, 0.2) is 36.4 Å². The van der Waals surface area contributed by atoms with Crippen molar-refractivity contribution in [3.05, 3.63) is 47.5 Å². The monoisotopic (exact) mass is 245 g/mol. The first-order valence-corrected chi connectivity index (χ1v) is 7.08. The summed E-state index contributed by atoms with van der Waals surface area (Å²) in [6.07, 6.45) is 2.09. The summed E-state index contributed by atoms with van der Waals surface area (Å²) in [5.74, 6) is 0.599. The van der Waals surface area contributed by atoms with Gasteiger partial charge >= 0.3 is 0 Å². The van der Waals surface area contributed by atoms with Crippen molar-refractivity contribution in [2.24, 2.45) is 0 Å². The Bertz CT molecular complexity index is 362. The highest BCUT2D eigenvalue weighted by molar-refractivity contribution is 5.27. The molecule has 1 N–H and O–H groups in total. The maximum Gasteiger partial charge on any atom is 0.0357 e. The molecule has 0 spiro atoms. The van der Waals surface area contributed by atoms with E-state index < -0.39 is 0 Å². The molecule has 0 aliphatic heterocycles. The summed E-state index contributed by atoms with van der Waals surface area (Å²) in [4.78, 5) is 0. The molecule has 1 nitrogen and oxygen atoms in total. The number of hydrogen-bond acceptors (Lipinski definition) is 1. The largest absolute Gasteiger partial charge is 0.310 e. The highest BCUT2D eigenvalue weighted by atomic mass is 14.9. The normalized spacial score (nSPS) is 12.7. The molecule has 0 saturated carbocycles. The summed E-state index contributed by atoms with van der Waals surface area (Å²) in [6, 6.07) is 9.42. The first kappa shape index (κ1) is 15.0. The first-order chi connectivity index (χ1) is 8.58. The number of benzene rings is 1. The van der Waals surface area contributed by atoms with Gasteiger partial charge in [0.25, 0.3) is 0 Å². The van der Waals surface area contributed by atoms with Crippen LogP contribution in [-0.4, -0.2) is 6.54 Å². The molecule has 0 fully saturated rings. The SMILES string of the molecule is C=C(CC)CC(NCC)c1ccc(C(C)C)cc1. The summed E-state index contributed by atoms with van der Waals surface area (Å²) < 4.78 is 0. The van der Waals surface area contributed by atoms with Gasteiger partial charge < -0.3 is 5.32 Å². The molecule has 1 rings (SSSR count). The second-order valence-electron chi connectivity index (χ2n) is 5.24. The fourth-order valence-corrected chi connectivity index (χ4v) is 2.10. The fraction of sp³-hybridized carbons (Fsp3) is 0.529. The smallest absolute Gasteiger partial charge is 0.0357 e. The molecule has 1 heteroatoms. The van der Waals surface area contributed by atoms with Crippen molar-refractivity contribution >= 4 is 0 Å². The Morgan fingerprint density at radius 3 is 2.11 bits per heavy atom. The topological polar surface area (TPSA) is 12.0 Å². The highest BCUT2D eigenvalue weighted by Gasteiger charge is 2.11. The molecule has 1 unspecified atom stereocenters. The zero-order valence-electron chi connectivity index (χ0n) is 12.3. The fourth-order valence-electron chi connectivity index (χ4n) is 2.10. The van der Waals surface area contributed by atoms with E-state index in [-0.39, 0.29) is 0 Å². The highest BCUT2D eigenvalue weighted by Crippen LogP contribution is 2.24. The van der Waals surface area contributed by atoms with Gasteiger partial charge in [0, 0.05) is 6.04 Å². The van der Waals surface area contributed by atoms with Crippen LogP contribution in [0, 0.1) is 0 Å². The van der Waals surface area contributed by atoms with Gasteiger partial charge in [-0.15, -0.1) is 0 Å². The van der Waals surface area contributed by atoms with E-state index in [4.69, 9.17) is 0 Å². The Morgan fingerprint density at radius 1 is 1.11 bits per heavy atom. The van der Waals surface area contributed by atoms with E-state index in [2.05, 4.69) is 63.9 Å². The van der Waals surface area contributed by atoms with Crippen LogP contribution < -0.4 is 5.32 Å². The molecule has 0 heterocycles. The summed E-state index contributed by atoms with van der Waals surface area (Å²) in [5.41, 5.74) is 4.09. The van der Waals surface area contributed by atoms with Gasteiger partial charge in [-0.25, -0.2) is 0 Å². The summed E-state index contributed by atoms with van der Waals surface area (Å²) in [5, 5.41) is 3.55. The molecule has 0 aromatic heterocycles. The molecule has 0 amide bonds. The maximum atomic E-state index is 4.13. The molecule has 1 atom stereocenters. The lowest BCUT2D eigenvalue weighted by molar-refractivity contribution is 0.543. The zero-order valence-corrected chi connectivity index (χ0v) is 12.3. The molecule has 0 radical (unpaired) electrons. The van der Waals surface area contributed by atoms with Crippen LogP contribution in [0.25, 0.3) is 0 Å². The van der Waals surface area contributed by atoms with E-state index in [9.17, 15) is 0 Å². The van der Waals surface area contributed by atoms with Crippen LogP contribution in [0.2, 0.25) is 0 Å². The van der Waals surface area contributed by atoms with Crippen LogP contribution in [0.1, 0.15) is 63.6 Å². The molecule has 18 heavy (non-hydrogen) atoms. The van der Waals surface area contributed by atoms with Crippen molar-refractivity contribution in [2.75, 3.05) is 6.54 Å². The molecule has 0 bridgehead atoms. The van der Waals surface area contributed by atoms with E-state index >= 15 is 0 Å². The van der Waals surface area contributed by atoms with E-state index in [0.29, 0.717) is 12.0 Å². The quantitative estimate of drug-likeness (QED) is 0.679. The van der Waals surface area contributed by atoms with Crippen molar-refractivity contribution in [1.82, 2.24) is 5.32 Å².